The molecule has 0 bridgehead atoms. The summed E-state index contributed by atoms with van der Waals surface area (Å²) < 4.78 is 10.7. The lowest BCUT2D eigenvalue weighted by Crippen LogP contribution is -2.41. The summed E-state index contributed by atoms with van der Waals surface area (Å²) in [6.45, 7) is 11.6. The summed E-state index contributed by atoms with van der Waals surface area (Å²) in [7, 11) is 0. The van der Waals surface area contributed by atoms with Gasteiger partial charge in [-0.1, -0.05) is 6.92 Å². The van der Waals surface area contributed by atoms with Crippen LogP contribution in [0.1, 0.15) is 54.4 Å². The van der Waals surface area contributed by atoms with Gasteiger partial charge in [0.25, 0.3) is 0 Å². The third-order valence-corrected chi connectivity index (χ3v) is 7.18. The number of esters is 1. The van der Waals surface area contributed by atoms with Crippen molar-refractivity contribution in [2.45, 2.75) is 52.5 Å². The highest BCUT2D eigenvalue weighted by Gasteiger charge is 2.29. The highest BCUT2D eigenvalue weighted by atomic mass is 32.1. The number of nitrogens with one attached hydrogen (secondary N) is 2. The van der Waals surface area contributed by atoms with Crippen molar-refractivity contribution in [1.29, 1.82) is 0 Å². The molecule has 11 nitrogen and oxygen atoms in total. The van der Waals surface area contributed by atoms with E-state index in [0.717, 1.165) is 70.6 Å². The summed E-state index contributed by atoms with van der Waals surface area (Å²) in [4.78, 5) is 47.2. The lowest BCUT2D eigenvalue weighted by molar-refractivity contribution is -0.159. The number of anilines is 1. The fraction of sp³-hybridized carbons (Fsp3) is 0.667. The van der Waals surface area contributed by atoms with Crippen molar-refractivity contribution in [3.05, 3.63) is 16.0 Å². The smallest absolute Gasteiger partial charge is 0.414 e. The first kappa shape index (κ1) is 29.7. The molecule has 1 aliphatic heterocycles. The third-order valence-electron chi connectivity index (χ3n) is 6.01. The van der Waals surface area contributed by atoms with Crippen LogP contribution in [-0.2, 0) is 36.7 Å². The second-order valence-electron chi connectivity index (χ2n) is 8.86. The van der Waals surface area contributed by atoms with Crippen LogP contribution in [0, 0.1) is 5.92 Å². The maximum absolute atomic E-state index is 12.8. The van der Waals surface area contributed by atoms with Gasteiger partial charge in [-0.3, -0.25) is 9.69 Å². The second-order valence-corrected chi connectivity index (χ2v) is 9.96. The zero-order valence-corrected chi connectivity index (χ0v) is 21.9. The molecule has 2 aliphatic rings. The Bertz CT molecular complexity index is 901. The summed E-state index contributed by atoms with van der Waals surface area (Å²) in [6, 6.07) is -0.331. The lowest BCUT2D eigenvalue weighted by atomic mass is 9.88. The largest absolute Gasteiger partial charge is 0.473 e. The maximum atomic E-state index is 12.8. The van der Waals surface area contributed by atoms with Crippen molar-refractivity contribution in [3.8, 4) is 0 Å². The molecule has 1 fully saturated rings. The summed E-state index contributed by atoms with van der Waals surface area (Å²) in [6.07, 6.45) is 3.87. The molecule has 2 heterocycles. The van der Waals surface area contributed by atoms with Gasteiger partial charge in [0.15, 0.2) is 0 Å². The molecule has 0 aromatic carbocycles. The number of hydrogen-bond acceptors (Lipinski definition) is 9. The highest BCUT2D eigenvalue weighted by molar-refractivity contribution is 7.17. The SMILES string of the molecule is CCOC(=O)c1c(NC(=O)C(C)NCCCN2CCOCC2)sc2c1CCC(C)C2.O=C(O)C(=O)O. The molecule has 2 unspecified atom stereocenters. The van der Waals surface area contributed by atoms with E-state index in [1.54, 1.807) is 6.92 Å². The highest BCUT2D eigenvalue weighted by Crippen LogP contribution is 2.40. The van der Waals surface area contributed by atoms with Crippen LogP contribution in [0.5, 0.6) is 0 Å². The minimum absolute atomic E-state index is 0.112. The molecule has 1 aliphatic carbocycles. The van der Waals surface area contributed by atoms with Gasteiger partial charge >= 0.3 is 17.9 Å². The summed E-state index contributed by atoms with van der Waals surface area (Å²) >= 11 is 1.53. The molecular weight excluding hydrogens is 490 g/mol. The average molecular weight is 528 g/mol. The summed E-state index contributed by atoms with van der Waals surface area (Å²) in [5, 5.41) is 21.7. The fourth-order valence-corrected chi connectivity index (χ4v) is 5.42. The molecule has 202 valence electrons. The number of fused-ring (bicyclic) bond motifs is 1. The van der Waals surface area contributed by atoms with Gasteiger partial charge in [0.1, 0.15) is 5.00 Å². The van der Waals surface area contributed by atoms with Crippen LogP contribution in [0.3, 0.4) is 0 Å². The van der Waals surface area contributed by atoms with Crippen molar-refractivity contribution in [1.82, 2.24) is 10.2 Å². The van der Waals surface area contributed by atoms with Crippen LogP contribution >= 0.6 is 11.3 Å². The Hall–Kier alpha value is -2.54. The first-order chi connectivity index (χ1) is 17.1. The number of amides is 1. The monoisotopic (exact) mass is 527 g/mol. The molecule has 4 N–H and O–H groups in total. The maximum Gasteiger partial charge on any atom is 0.414 e. The van der Waals surface area contributed by atoms with Gasteiger partial charge in [-0.25, -0.2) is 14.4 Å². The number of carboxylic acid groups (broad SMARTS) is 2. The predicted molar refractivity (Wildman–Crippen MR) is 135 cm³/mol. The second kappa shape index (κ2) is 14.9. The van der Waals surface area contributed by atoms with Gasteiger partial charge in [-0.05, 0) is 64.1 Å². The van der Waals surface area contributed by atoms with Gasteiger partial charge in [0, 0.05) is 18.0 Å². The number of carbonyl (C=O) groups is 4. The van der Waals surface area contributed by atoms with Crippen LogP contribution in [0.15, 0.2) is 0 Å². The first-order valence-electron chi connectivity index (χ1n) is 12.3. The van der Waals surface area contributed by atoms with Crippen LogP contribution in [0.25, 0.3) is 0 Å². The number of nitrogens with zero attached hydrogens (tertiary/aromatic N) is 1. The van der Waals surface area contributed by atoms with Crippen molar-refractivity contribution in [3.63, 3.8) is 0 Å². The van der Waals surface area contributed by atoms with Crippen molar-refractivity contribution >= 4 is 40.2 Å². The van der Waals surface area contributed by atoms with E-state index < -0.39 is 11.9 Å². The zero-order valence-electron chi connectivity index (χ0n) is 21.1. The molecule has 2 atom stereocenters. The number of thiophene rings is 1. The molecule has 0 radical (unpaired) electrons. The van der Waals surface area contributed by atoms with Crippen LogP contribution < -0.4 is 10.6 Å². The van der Waals surface area contributed by atoms with E-state index in [2.05, 4.69) is 22.5 Å². The molecule has 36 heavy (non-hydrogen) atoms. The Morgan fingerprint density at radius 3 is 2.47 bits per heavy atom. The Morgan fingerprint density at radius 1 is 1.19 bits per heavy atom. The van der Waals surface area contributed by atoms with Gasteiger partial charge < -0.3 is 30.3 Å². The minimum atomic E-state index is -1.82. The first-order valence-corrected chi connectivity index (χ1v) is 13.1. The molecule has 3 rings (SSSR count). The van der Waals surface area contributed by atoms with Gasteiger partial charge in [-0.15, -0.1) is 11.3 Å². The standard InChI is InChI=1S/C22H35N3O4S.C2H2O4/c1-4-29-22(27)19-17-7-6-15(2)14-18(17)30-21(19)24-20(26)16(3)23-8-5-9-25-10-12-28-13-11-25;3-1(4)2(5)6/h15-16,23H,4-14H2,1-3H3,(H,24,26);(H,3,4)(H,5,6). The molecular formula is C24H37N3O8S. The van der Waals surface area contributed by atoms with Crippen LogP contribution in [0.4, 0.5) is 5.00 Å². The number of morpholine rings is 1. The Balaban J connectivity index is 0.000000678. The van der Waals surface area contributed by atoms with E-state index in [0.29, 0.717) is 23.1 Å². The third kappa shape index (κ3) is 9.16. The molecule has 1 saturated heterocycles. The topological polar surface area (TPSA) is 154 Å². The van der Waals surface area contributed by atoms with Gasteiger partial charge in [0.2, 0.25) is 5.91 Å². The number of carboxylic acids is 2. The van der Waals surface area contributed by atoms with Crippen LogP contribution in [0.2, 0.25) is 0 Å². The van der Waals surface area contributed by atoms with Crippen molar-refractivity contribution in [2.75, 3.05) is 51.3 Å². The molecule has 12 heteroatoms. The van der Waals surface area contributed by atoms with E-state index in [1.165, 1.54) is 16.2 Å². The van der Waals surface area contributed by atoms with Gasteiger partial charge in [-0.2, -0.15) is 0 Å². The molecule has 1 aromatic heterocycles. The van der Waals surface area contributed by atoms with Crippen molar-refractivity contribution < 1.29 is 38.9 Å². The number of hydrogen-bond donors (Lipinski definition) is 4. The lowest BCUT2D eigenvalue weighted by Gasteiger charge is -2.26. The Kier molecular flexibility index (Phi) is 12.3. The predicted octanol–water partition coefficient (Wildman–Crippen LogP) is 1.84. The molecule has 1 amide bonds. The van der Waals surface area contributed by atoms with E-state index in [-0.39, 0.29) is 17.9 Å². The molecule has 0 spiro atoms. The average Bonchev–Trinajstić information content (AvgIpc) is 3.19. The fourth-order valence-electron chi connectivity index (χ4n) is 4.02. The normalized spacial score (nSPS) is 18.2. The van der Waals surface area contributed by atoms with Gasteiger partial charge in [0.05, 0.1) is 31.4 Å². The van der Waals surface area contributed by atoms with E-state index in [9.17, 15) is 9.59 Å². The molecule has 0 saturated carbocycles. The Morgan fingerprint density at radius 2 is 1.86 bits per heavy atom. The summed E-state index contributed by atoms with van der Waals surface area (Å²) in [5.41, 5.74) is 1.63. The number of ether oxygens (including phenoxy) is 2. The minimum Gasteiger partial charge on any atom is -0.473 e. The van der Waals surface area contributed by atoms with E-state index >= 15 is 0 Å². The van der Waals surface area contributed by atoms with E-state index in [4.69, 9.17) is 29.3 Å². The Labute approximate surface area is 215 Å². The number of rotatable bonds is 9. The number of aliphatic carboxylic acids is 2. The van der Waals surface area contributed by atoms with Crippen LogP contribution in [-0.4, -0.2) is 91.0 Å². The van der Waals surface area contributed by atoms with E-state index in [1.807, 2.05) is 6.92 Å². The molecule has 1 aromatic rings. The summed E-state index contributed by atoms with van der Waals surface area (Å²) in [5.74, 6) is -3.49. The number of carbonyl (C=O) groups excluding carboxylic acids is 2. The quantitative estimate of drug-likeness (QED) is 0.212. The van der Waals surface area contributed by atoms with Crippen molar-refractivity contribution in [2.24, 2.45) is 5.92 Å². The zero-order chi connectivity index (χ0) is 26.7.